The lowest BCUT2D eigenvalue weighted by Crippen LogP contribution is -2.38. The van der Waals surface area contributed by atoms with Gasteiger partial charge in [0, 0.05) is 18.1 Å². The minimum absolute atomic E-state index is 0.127. The lowest BCUT2D eigenvalue weighted by molar-refractivity contribution is -0.118. The van der Waals surface area contributed by atoms with E-state index >= 15 is 0 Å². The molecular weight excluding hydrogens is 507 g/mol. The molecule has 0 N–H and O–H groups in total. The molecule has 1 saturated heterocycles. The van der Waals surface area contributed by atoms with Crippen molar-refractivity contribution in [1.29, 1.82) is 0 Å². The molecule has 1 amide bonds. The van der Waals surface area contributed by atoms with Crippen LogP contribution >= 0.6 is 34.5 Å². The molecule has 1 aliphatic rings. The summed E-state index contributed by atoms with van der Waals surface area (Å²) in [7, 11) is -2.11. The van der Waals surface area contributed by atoms with Gasteiger partial charge in [-0.15, -0.1) is 0 Å². The third kappa shape index (κ3) is 5.44. The van der Waals surface area contributed by atoms with E-state index in [1.165, 1.54) is 40.5 Å². The maximum absolute atomic E-state index is 13.3. The zero-order valence-corrected chi connectivity index (χ0v) is 20.9. The van der Waals surface area contributed by atoms with Gasteiger partial charge in [0.05, 0.1) is 40.1 Å². The number of amides is 1. The highest BCUT2D eigenvalue weighted by molar-refractivity contribution is 7.91. The van der Waals surface area contributed by atoms with Crippen LogP contribution in [0.25, 0.3) is 10.2 Å². The summed E-state index contributed by atoms with van der Waals surface area (Å²) in [6.07, 6.45) is 1.41. The number of anilines is 1. The van der Waals surface area contributed by atoms with Crippen LogP contribution < -0.4 is 9.64 Å². The number of hydrogen-bond acceptors (Lipinski definition) is 7. The van der Waals surface area contributed by atoms with Crippen LogP contribution in [0.15, 0.2) is 41.3 Å². The van der Waals surface area contributed by atoms with E-state index in [2.05, 4.69) is 4.98 Å². The lowest BCUT2D eigenvalue weighted by Gasteiger charge is -2.23. The van der Waals surface area contributed by atoms with E-state index in [4.69, 9.17) is 32.7 Å². The summed E-state index contributed by atoms with van der Waals surface area (Å²) in [6.45, 7) is 0.927. The standard InChI is InChI=1S/C22H22Cl2N2O5S2/c1-30-18-9-8-17(24)21-20(18)25-22(32-21)26(13-15-3-2-11-31-15)19(27)10-12-33(28,29)16-6-4-14(23)5-7-16/h4-9,15H,2-3,10-13H2,1H3. The molecule has 0 aliphatic carbocycles. The summed E-state index contributed by atoms with van der Waals surface area (Å²) in [4.78, 5) is 19.5. The zero-order chi connectivity index (χ0) is 23.6. The fraction of sp³-hybridized carbons (Fsp3) is 0.364. The number of aromatic nitrogens is 1. The number of hydrogen-bond donors (Lipinski definition) is 0. The van der Waals surface area contributed by atoms with Crippen molar-refractivity contribution in [2.45, 2.75) is 30.3 Å². The quantitative estimate of drug-likeness (QED) is 0.409. The Bertz CT molecular complexity index is 1260. The van der Waals surface area contributed by atoms with Gasteiger partial charge in [-0.1, -0.05) is 34.5 Å². The molecule has 2 aromatic carbocycles. The predicted octanol–water partition coefficient (Wildman–Crippen LogP) is 4.99. The van der Waals surface area contributed by atoms with Crippen molar-refractivity contribution >= 4 is 65.6 Å². The summed E-state index contributed by atoms with van der Waals surface area (Å²) >= 11 is 13.5. The SMILES string of the molecule is COc1ccc(Cl)c2sc(N(CC3CCCO3)C(=O)CCS(=O)(=O)c3ccc(Cl)cc3)nc12. The number of methoxy groups -OCH3 is 1. The van der Waals surface area contributed by atoms with Gasteiger partial charge in [-0.2, -0.15) is 0 Å². The third-order valence-corrected chi connectivity index (χ3v) is 8.89. The van der Waals surface area contributed by atoms with Gasteiger partial charge in [0.2, 0.25) is 5.91 Å². The van der Waals surface area contributed by atoms with Gasteiger partial charge in [-0.05, 0) is 49.2 Å². The molecule has 0 bridgehead atoms. The van der Waals surface area contributed by atoms with Crippen LogP contribution in [0.2, 0.25) is 10.0 Å². The van der Waals surface area contributed by atoms with E-state index < -0.39 is 9.84 Å². The molecule has 33 heavy (non-hydrogen) atoms. The Labute approximate surface area is 206 Å². The number of carbonyl (C=O) groups excluding carboxylic acids is 1. The number of halogens is 2. The lowest BCUT2D eigenvalue weighted by atomic mass is 10.2. The molecule has 2 heterocycles. The number of nitrogens with zero attached hydrogens (tertiary/aromatic N) is 2. The van der Waals surface area contributed by atoms with E-state index in [0.717, 1.165) is 12.8 Å². The molecule has 0 spiro atoms. The monoisotopic (exact) mass is 528 g/mol. The van der Waals surface area contributed by atoms with Crippen LogP contribution in [0.5, 0.6) is 5.75 Å². The Morgan fingerprint density at radius 1 is 1.24 bits per heavy atom. The van der Waals surface area contributed by atoms with E-state index in [1.54, 1.807) is 19.2 Å². The number of benzene rings is 2. The van der Waals surface area contributed by atoms with E-state index in [0.29, 0.717) is 44.3 Å². The van der Waals surface area contributed by atoms with E-state index in [-0.39, 0.29) is 29.1 Å². The second kappa shape index (κ2) is 10.1. The van der Waals surface area contributed by atoms with Crippen molar-refractivity contribution < 1.29 is 22.7 Å². The van der Waals surface area contributed by atoms with Gasteiger partial charge < -0.3 is 9.47 Å². The molecule has 1 atom stereocenters. The highest BCUT2D eigenvalue weighted by atomic mass is 35.5. The number of sulfone groups is 1. The third-order valence-electron chi connectivity index (χ3n) is 5.37. The Hall–Kier alpha value is -1.91. The van der Waals surface area contributed by atoms with Crippen LogP contribution in [0.3, 0.4) is 0 Å². The van der Waals surface area contributed by atoms with Gasteiger partial charge >= 0.3 is 0 Å². The fourth-order valence-corrected chi connectivity index (χ4v) is 6.25. The Morgan fingerprint density at radius 2 is 2.00 bits per heavy atom. The Balaban J connectivity index is 1.60. The average molecular weight is 529 g/mol. The van der Waals surface area contributed by atoms with Crippen LogP contribution in [0, 0.1) is 0 Å². The van der Waals surface area contributed by atoms with Gasteiger partial charge in [-0.25, -0.2) is 13.4 Å². The largest absolute Gasteiger partial charge is 0.494 e. The second-order valence-corrected chi connectivity index (χ2v) is 11.5. The predicted molar refractivity (Wildman–Crippen MR) is 131 cm³/mol. The van der Waals surface area contributed by atoms with Crippen LogP contribution in [0.1, 0.15) is 19.3 Å². The van der Waals surface area contributed by atoms with Gasteiger partial charge in [-0.3, -0.25) is 9.69 Å². The van der Waals surface area contributed by atoms with Crippen molar-refractivity contribution in [1.82, 2.24) is 4.98 Å². The smallest absolute Gasteiger partial charge is 0.229 e. The summed E-state index contributed by atoms with van der Waals surface area (Å²) in [5, 5.41) is 1.38. The summed E-state index contributed by atoms with van der Waals surface area (Å²) in [5.41, 5.74) is 0.559. The first kappa shape index (κ1) is 24.2. The first-order valence-electron chi connectivity index (χ1n) is 10.3. The molecular formula is C22H22Cl2N2O5S2. The first-order valence-corrected chi connectivity index (χ1v) is 13.5. The van der Waals surface area contributed by atoms with Crippen molar-refractivity contribution in [2.75, 3.05) is 30.9 Å². The van der Waals surface area contributed by atoms with Crippen molar-refractivity contribution in [2.24, 2.45) is 0 Å². The second-order valence-electron chi connectivity index (χ2n) is 7.59. The average Bonchev–Trinajstić information content (AvgIpc) is 3.47. The minimum Gasteiger partial charge on any atom is -0.494 e. The Kier molecular flexibility index (Phi) is 7.45. The number of thiazole rings is 1. The summed E-state index contributed by atoms with van der Waals surface area (Å²) in [5.74, 6) is -0.131. The number of ether oxygens (including phenoxy) is 2. The highest BCUT2D eigenvalue weighted by Gasteiger charge is 2.28. The maximum Gasteiger partial charge on any atom is 0.229 e. The molecule has 176 valence electrons. The zero-order valence-electron chi connectivity index (χ0n) is 17.8. The molecule has 0 radical (unpaired) electrons. The van der Waals surface area contributed by atoms with Gasteiger partial charge in [0.25, 0.3) is 0 Å². The number of rotatable bonds is 8. The Morgan fingerprint density at radius 3 is 2.67 bits per heavy atom. The van der Waals surface area contributed by atoms with Crippen LogP contribution in [0.4, 0.5) is 5.13 Å². The maximum atomic E-state index is 13.3. The van der Waals surface area contributed by atoms with Gasteiger partial charge in [0.1, 0.15) is 11.3 Å². The molecule has 1 aromatic heterocycles. The first-order chi connectivity index (χ1) is 15.8. The van der Waals surface area contributed by atoms with Crippen molar-refractivity contribution in [3.05, 3.63) is 46.4 Å². The van der Waals surface area contributed by atoms with E-state index in [1.807, 2.05) is 0 Å². The minimum atomic E-state index is -3.65. The summed E-state index contributed by atoms with van der Waals surface area (Å²) in [6, 6.07) is 9.34. The topological polar surface area (TPSA) is 85.8 Å². The number of fused-ring (bicyclic) bond motifs is 1. The molecule has 0 saturated carbocycles. The molecule has 1 aliphatic heterocycles. The molecule has 7 nitrogen and oxygen atoms in total. The molecule has 3 aromatic rings. The van der Waals surface area contributed by atoms with Crippen LogP contribution in [-0.4, -0.2) is 51.4 Å². The molecule has 4 rings (SSSR count). The molecule has 1 unspecified atom stereocenters. The van der Waals surface area contributed by atoms with Crippen molar-refractivity contribution in [3.63, 3.8) is 0 Å². The highest BCUT2D eigenvalue weighted by Crippen LogP contribution is 2.39. The number of carbonyl (C=O) groups is 1. The van der Waals surface area contributed by atoms with E-state index in [9.17, 15) is 13.2 Å². The molecule has 1 fully saturated rings. The molecule has 11 heteroatoms. The van der Waals surface area contributed by atoms with Gasteiger partial charge in [0.15, 0.2) is 15.0 Å². The van der Waals surface area contributed by atoms with Crippen molar-refractivity contribution in [3.8, 4) is 5.75 Å². The summed E-state index contributed by atoms with van der Waals surface area (Å²) < 4.78 is 37.3. The normalized spacial score (nSPS) is 16.3. The fourth-order valence-electron chi connectivity index (χ4n) is 3.62. The van der Waals surface area contributed by atoms with Crippen LogP contribution in [-0.2, 0) is 19.4 Å².